The van der Waals surface area contributed by atoms with Crippen molar-refractivity contribution in [2.75, 3.05) is 53.0 Å². The number of hydrogen-bond acceptors (Lipinski definition) is 10. The number of rotatable bonds is 7. The van der Waals surface area contributed by atoms with Crippen LogP contribution in [0.3, 0.4) is 0 Å². The van der Waals surface area contributed by atoms with Gasteiger partial charge in [0, 0.05) is 25.6 Å². The molecule has 0 radical (unpaired) electrons. The number of carbonyl (C=O) groups is 1. The maximum Gasteiger partial charge on any atom is 0.237 e. The Labute approximate surface area is 200 Å². The zero-order chi connectivity index (χ0) is 24.5. The van der Waals surface area contributed by atoms with E-state index in [1.165, 1.54) is 0 Å². The Kier molecular flexibility index (Phi) is 7.81. The molecular formula is C23H38N4O7. The van der Waals surface area contributed by atoms with Gasteiger partial charge in [0.1, 0.15) is 24.4 Å². The fourth-order valence-corrected chi connectivity index (χ4v) is 5.59. The van der Waals surface area contributed by atoms with E-state index in [4.69, 9.17) is 18.9 Å². The number of aliphatic hydroxyl groups excluding tert-OH is 1. The minimum Gasteiger partial charge on any atom is -0.385 e. The third-order valence-electron chi connectivity index (χ3n) is 7.33. The van der Waals surface area contributed by atoms with Gasteiger partial charge in [0.05, 0.1) is 32.4 Å². The number of aliphatic hydroxyl groups is 2. The van der Waals surface area contributed by atoms with Gasteiger partial charge in [-0.15, -0.1) is 0 Å². The van der Waals surface area contributed by atoms with Gasteiger partial charge in [-0.2, -0.15) is 5.26 Å². The van der Waals surface area contributed by atoms with Crippen molar-refractivity contribution in [1.29, 1.82) is 5.26 Å². The average Bonchev–Trinajstić information content (AvgIpc) is 3.36. The number of amides is 1. The number of fused-ring (bicyclic) bond motifs is 1. The lowest BCUT2D eigenvalue weighted by Crippen LogP contribution is -2.64. The van der Waals surface area contributed by atoms with Crippen molar-refractivity contribution in [1.82, 2.24) is 15.1 Å². The van der Waals surface area contributed by atoms with Crippen LogP contribution in [0.15, 0.2) is 0 Å². The van der Waals surface area contributed by atoms with Crippen molar-refractivity contribution in [3.63, 3.8) is 0 Å². The van der Waals surface area contributed by atoms with Crippen molar-refractivity contribution in [2.45, 2.75) is 75.1 Å². The molecule has 11 nitrogen and oxygen atoms in total. The number of likely N-dealkylation sites (tertiary alicyclic amines) is 2. The number of carbonyl (C=O) groups excluding carboxylic acids is 1. The number of methoxy groups -OCH3 is 1. The lowest BCUT2D eigenvalue weighted by molar-refractivity contribution is -0.311. The average molecular weight is 483 g/mol. The first-order valence-electron chi connectivity index (χ1n) is 12.2. The van der Waals surface area contributed by atoms with Gasteiger partial charge in [-0.25, -0.2) is 0 Å². The van der Waals surface area contributed by atoms with Crippen LogP contribution in [0, 0.1) is 17.2 Å². The number of hydrogen-bond donors (Lipinski definition) is 3. The summed E-state index contributed by atoms with van der Waals surface area (Å²) in [5.41, 5.74) is 0. The first-order valence-corrected chi connectivity index (χ1v) is 12.2. The predicted molar refractivity (Wildman–Crippen MR) is 119 cm³/mol. The fourth-order valence-electron chi connectivity index (χ4n) is 5.59. The molecule has 0 aliphatic carbocycles. The lowest BCUT2D eigenvalue weighted by atomic mass is 9.95. The van der Waals surface area contributed by atoms with Crippen molar-refractivity contribution in [3.05, 3.63) is 0 Å². The van der Waals surface area contributed by atoms with Gasteiger partial charge < -0.3 is 39.4 Å². The minimum absolute atomic E-state index is 0.0584. The quantitative estimate of drug-likeness (QED) is 0.416. The van der Waals surface area contributed by atoms with Crippen molar-refractivity contribution in [3.8, 4) is 6.07 Å². The Morgan fingerprint density at radius 1 is 1.29 bits per heavy atom. The second kappa shape index (κ2) is 10.3. The molecule has 4 aliphatic heterocycles. The van der Waals surface area contributed by atoms with E-state index < -0.39 is 35.9 Å². The third kappa shape index (κ3) is 5.55. The lowest BCUT2D eigenvalue weighted by Gasteiger charge is -2.44. The Morgan fingerprint density at radius 2 is 2.03 bits per heavy atom. The van der Waals surface area contributed by atoms with Crippen LogP contribution in [-0.2, 0) is 23.7 Å². The molecule has 0 aromatic carbocycles. The molecule has 4 rings (SSSR count). The Hall–Kier alpha value is -1.36. The highest BCUT2D eigenvalue weighted by Gasteiger charge is 2.56. The van der Waals surface area contributed by atoms with E-state index in [1.54, 1.807) is 25.9 Å². The molecule has 0 saturated carbocycles. The molecule has 4 fully saturated rings. The van der Waals surface area contributed by atoms with Gasteiger partial charge in [-0.3, -0.25) is 9.69 Å². The maximum absolute atomic E-state index is 12.7. The molecule has 4 heterocycles. The van der Waals surface area contributed by atoms with Gasteiger partial charge in [-0.1, -0.05) is 0 Å². The summed E-state index contributed by atoms with van der Waals surface area (Å²) < 4.78 is 22.4. The largest absolute Gasteiger partial charge is 0.385 e. The highest BCUT2D eigenvalue weighted by molar-refractivity contribution is 5.79. The second-order valence-corrected chi connectivity index (χ2v) is 10.4. The normalized spacial score (nSPS) is 38.6. The van der Waals surface area contributed by atoms with Crippen molar-refractivity contribution < 1.29 is 34.0 Å². The standard InChI is InChI=1S/C23H38N4O7/c1-22(2)33-18-13-32-23(30,21(29)20(18)34-22)14-26-6-4-16(5-7-26)25-10-19(28)27-11-15(12-31-3)8-17(27)9-24/h15-18,20-21,25,29-30H,4-8,10-14H2,1-3H3/t15?,17-,18+,20+,21-,23+/m0/s1. The molecule has 11 heteroatoms. The summed E-state index contributed by atoms with van der Waals surface area (Å²) in [6.45, 7) is 6.59. The second-order valence-electron chi connectivity index (χ2n) is 10.4. The number of nitriles is 1. The van der Waals surface area contributed by atoms with Gasteiger partial charge in [0.15, 0.2) is 5.79 Å². The van der Waals surface area contributed by atoms with Gasteiger partial charge in [-0.05, 0) is 46.2 Å². The summed E-state index contributed by atoms with van der Waals surface area (Å²) in [7, 11) is 1.63. The van der Waals surface area contributed by atoms with Gasteiger partial charge in [0.2, 0.25) is 11.7 Å². The van der Waals surface area contributed by atoms with E-state index >= 15 is 0 Å². The zero-order valence-electron chi connectivity index (χ0n) is 20.3. The van der Waals surface area contributed by atoms with Crippen LogP contribution in [-0.4, -0.2) is 121 Å². The SMILES string of the molecule is COCC1C[C@@H](C#N)N(C(=O)CNC2CCN(C[C@@]3(O)OC[C@H]4OC(C)(C)O[C@H]4[C@@H]3O)CC2)C1. The molecule has 34 heavy (non-hydrogen) atoms. The molecule has 3 N–H and O–H groups in total. The fraction of sp³-hybridized carbons (Fsp3) is 0.913. The molecule has 1 amide bonds. The highest BCUT2D eigenvalue weighted by atomic mass is 16.8. The van der Waals surface area contributed by atoms with Crippen LogP contribution in [0.25, 0.3) is 0 Å². The van der Waals surface area contributed by atoms with Crippen LogP contribution in [0.4, 0.5) is 0 Å². The molecule has 6 atom stereocenters. The summed E-state index contributed by atoms with van der Waals surface area (Å²) in [6, 6.07) is 2.01. The van der Waals surface area contributed by atoms with E-state index in [0.29, 0.717) is 32.7 Å². The van der Waals surface area contributed by atoms with Gasteiger partial charge in [0.25, 0.3) is 0 Å². The van der Waals surface area contributed by atoms with E-state index in [2.05, 4.69) is 16.3 Å². The van der Waals surface area contributed by atoms with Crippen LogP contribution in [0.1, 0.15) is 33.1 Å². The summed E-state index contributed by atoms with van der Waals surface area (Å²) in [4.78, 5) is 16.4. The number of β-amino-alcohol motifs (C(OH)–C–C–N with tert-alkyl or cyclic N) is 1. The molecule has 0 spiro atoms. The molecule has 192 valence electrons. The van der Waals surface area contributed by atoms with Crippen LogP contribution in [0.2, 0.25) is 0 Å². The molecule has 1 unspecified atom stereocenters. The molecule has 4 saturated heterocycles. The Balaban J connectivity index is 1.21. The summed E-state index contributed by atoms with van der Waals surface area (Å²) in [5.74, 6) is -2.40. The summed E-state index contributed by atoms with van der Waals surface area (Å²) >= 11 is 0. The molecule has 0 aromatic rings. The van der Waals surface area contributed by atoms with Crippen LogP contribution >= 0.6 is 0 Å². The molecule has 0 aromatic heterocycles. The molecule has 0 bridgehead atoms. The first-order chi connectivity index (χ1) is 16.1. The Morgan fingerprint density at radius 3 is 2.71 bits per heavy atom. The summed E-state index contributed by atoms with van der Waals surface area (Å²) in [6.07, 6.45) is 0.000764. The highest BCUT2D eigenvalue weighted by Crippen LogP contribution is 2.38. The number of nitrogens with zero attached hydrogens (tertiary/aromatic N) is 3. The Bertz CT molecular complexity index is 769. The molecule has 4 aliphatic rings. The van der Waals surface area contributed by atoms with E-state index in [9.17, 15) is 20.3 Å². The number of ether oxygens (including phenoxy) is 4. The monoisotopic (exact) mass is 482 g/mol. The van der Waals surface area contributed by atoms with E-state index in [1.807, 2.05) is 0 Å². The van der Waals surface area contributed by atoms with Crippen LogP contribution in [0.5, 0.6) is 0 Å². The smallest absolute Gasteiger partial charge is 0.237 e. The summed E-state index contributed by atoms with van der Waals surface area (Å²) in [5, 5.41) is 34.5. The minimum atomic E-state index is -1.72. The number of piperidine rings is 1. The molecular weight excluding hydrogens is 444 g/mol. The predicted octanol–water partition coefficient (Wildman–Crippen LogP) is -0.973. The van der Waals surface area contributed by atoms with Crippen molar-refractivity contribution >= 4 is 5.91 Å². The van der Waals surface area contributed by atoms with Crippen molar-refractivity contribution in [2.24, 2.45) is 5.92 Å². The van der Waals surface area contributed by atoms with E-state index in [-0.39, 0.29) is 37.6 Å². The topological polar surface area (TPSA) is 137 Å². The van der Waals surface area contributed by atoms with E-state index in [0.717, 1.165) is 12.8 Å². The maximum atomic E-state index is 12.7. The van der Waals surface area contributed by atoms with Gasteiger partial charge >= 0.3 is 0 Å². The number of nitrogens with one attached hydrogen (secondary N) is 1. The van der Waals surface area contributed by atoms with Crippen LogP contribution < -0.4 is 5.32 Å². The third-order valence-corrected chi connectivity index (χ3v) is 7.33. The first kappa shape index (κ1) is 25.7. The zero-order valence-corrected chi connectivity index (χ0v) is 20.3.